The van der Waals surface area contributed by atoms with Crippen LogP contribution in [-0.2, 0) is 16.6 Å². The summed E-state index contributed by atoms with van der Waals surface area (Å²) in [6.07, 6.45) is 1.93. The number of rotatable bonds is 8. The third-order valence-electron chi connectivity index (χ3n) is 8.14. The number of sulfonamides is 1. The van der Waals surface area contributed by atoms with Crippen molar-refractivity contribution in [1.82, 2.24) is 24.5 Å². The second kappa shape index (κ2) is 11.3. The summed E-state index contributed by atoms with van der Waals surface area (Å²) in [5, 5.41) is 6.41. The first-order chi connectivity index (χ1) is 20.1. The van der Waals surface area contributed by atoms with Crippen molar-refractivity contribution >= 4 is 21.4 Å². The number of hydrogen-bond acceptors (Lipinski definition) is 7. The van der Waals surface area contributed by atoms with Crippen molar-refractivity contribution in [3.05, 3.63) is 66.4 Å². The summed E-state index contributed by atoms with van der Waals surface area (Å²) in [6.45, 7) is 1.07. The molecule has 0 amide bonds. The minimum atomic E-state index is -3.81. The lowest BCUT2D eigenvalue weighted by Crippen LogP contribution is -2.49. The second-order valence-electron chi connectivity index (χ2n) is 10.9. The zero-order chi connectivity index (χ0) is 29.5. The zero-order valence-corrected chi connectivity index (χ0v) is 23.4. The molecule has 224 valence electrons. The van der Waals surface area contributed by atoms with Gasteiger partial charge in [0.2, 0.25) is 21.8 Å². The number of para-hydroxylation sites is 1. The molecular weight excluding hydrogens is 576 g/mol. The fourth-order valence-electron chi connectivity index (χ4n) is 5.86. The molecule has 1 saturated heterocycles. The topological polar surface area (TPSA) is 96.8 Å². The number of nitrogens with zero attached hydrogens (tertiary/aromatic N) is 6. The van der Waals surface area contributed by atoms with E-state index in [0.29, 0.717) is 61.4 Å². The van der Waals surface area contributed by atoms with Gasteiger partial charge in [0.25, 0.3) is 5.89 Å². The molecule has 0 N–H and O–H groups in total. The lowest BCUT2D eigenvalue weighted by atomic mass is 9.90. The van der Waals surface area contributed by atoms with Crippen LogP contribution >= 0.6 is 0 Å². The average molecular weight is 607 g/mol. The normalized spacial score (nSPS) is 19.1. The van der Waals surface area contributed by atoms with Gasteiger partial charge in [0.15, 0.2) is 0 Å². The smallest absolute Gasteiger partial charge is 0.314 e. The van der Waals surface area contributed by atoms with E-state index >= 15 is 0 Å². The van der Waals surface area contributed by atoms with Crippen LogP contribution in [0.1, 0.15) is 56.5 Å². The third kappa shape index (κ3) is 5.87. The summed E-state index contributed by atoms with van der Waals surface area (Å²) >= 11 is 0. The highest BCUT2D eigenvalue weighted by atomic mass is 32.2. The Morgan fingerprint density at radius 2 is 1.74 bits per heavy atom. The van der Waals surface area contributed by atoms with Gasteiger partial charge in [-0.1, -0.05) is 18.2 Å². The van der Waals surface area contributed by atoms with Gasteiger partial charge in [-0.2, -0.15) is 8.78 Å². The van der Waals surface area contributed by atoms with Crippen LogP contribution in [0.2, 0.25) is 0 Å². The van der Waals surface area contributed by atoms with Gasteiger partial charge in [-0.15, -0.1) is 10.2 Å². The van der Waals surface area contributed by atoms with Crippen LogP contribution in [0.3, 0.4) is 0 Å². The van der Waals surface area contributed by atoms with Crippen molar-refractivity contribution in [3.63, 3.8) is 0 Å². The van der Waals surface area contributed by atoms with E-state index in [-0.39, 0.29) is 31.3 Å². The van der Waals surface area contributed by atoms with E-state index in [1.807, 2.05) is 6.07 Å². The van der Waals surface area contributed by atoms with Gasteiger partial charge in [0, 0.05) is 36.8 Å². The number of piperidine rings is 1. The molecule has 0 unspecified atom stereocenters. The van der Waals surface area contributed by atoms with E-state index in [4.69, 9.17) is 4.42 Å². The zero-order valence-electron chi connectivity index (χ0n) is 22.6. The van der Waals surface area contributed by atoms with Gasteiger partial charge in [-0.25, -0.2) is 22.2 Å². The molecule has 4 heterocycles. The molecule has 9 nitrogen and oxygen atoms in total. The Hall–Kier alpha value is -3.52. The molecule has 1 aromatic carbocycles. The van der Waals surface area contributed by atoms with Crippen LogP contribution in [0.4, 0.5) is 23.2 Å². The van der Waals surface area contributed by atoms with Gasteiger partial charge < -0.3 is 13.7 Å². The number of fused-ring (bicyclic) bond motifs is 1. The van der Waals surface area contributed by atoms with E-state index in [0.717, 1.165) is 0 Å². The van der Waals surface area contributed by atoms with Crippen molar-refractivity contribution in [1.29, 1.82) is 0 Å². The minimum Gasteiger partial charge on any atom is -0.415 e. The second-order valence-corrected chi connectivity index (χ2v) is 13.0. The van der Waals surface area contributed by atoms with E-state index in [9.17, 15) is 26.0 Å². The van der Waals surface area contributed by atoms with Crippen molar-refractivity contribution in [2.45, 2.75) is 68.7 Å². The summed E-state index contributed by atoms with van der Waals surface area (Å²) < 4.78 is 89.3. The van der Waals surface area contributed by atoms with Crippen molar-refractivity contribution in [2.75, 3.05) is 17.4 Å². The first-order valence-corrected chi connectivity index (χ1v) is 15.4. The third-order valence-corrected chi connectivity index (χ3v) is 10.4. The molecule has 4 aromatic rings. The van der Waals surface area contributed by atoms with E-state index in [2.05, 4.69) is 20.1 Å². The Bertz CT molecular complexity index is 1630. The Labute approximate surface area is 240 Å². The number of alkyl halides is 4. The Balaban J connectivity index is 1.21. The number of likely N-dealkylation sites (tertiary alicyclic amines) is 1. The minimum absolute atomic E-state index is 0.0165. The molecule has 1 saturated carbocycles. The average Bonchev–Trinajstić information content (AvgIpc) is 3.64. The summed E-state index contributed by atoms with van der Waals surface area (Å²) in [7, 11) is -3.81. The summed E-state index contributed by atoms with van der Waals surface area (Å²) in [5.74, 6) is -3.44. The number of benzene rings is 1. The SMILES string of the molecule is O=S(=O)(C1CCN(C2CCC(F)(F)CC2)CC1)N(Cc1cn2ccc(-c3nnc(C(F)F)o3)cc2n1)c1ccccc1. The molecule has 3 aromatic heterocycles. The van der Waals surface area contributed by atoms with Gasteiger partial charge in [-0.3, -0.25) is 4.31 Å². The molecule has 42 heavy (non-hydrogen) atoms. The number of halogens is 4. The monoisotopic (exact) mass is 606 g/mol. The number of imidazole rings is 1. The predicted octanol–water partition coefficient (Wildman–Crippen LogP) is 5.70. The molecule has 2 aliphatic rings. The van der Waals surface area contributed by atoms with Crippen molar-refractivity contribution in [3.8, 4) is 11.5 Å². The standard InChI is InChI=1S/C28H30F4N6O3S/c29-25(30)27-35-34-26(41-27)19-8-13-37-17-20(33-24(37)16-19)18-38(22-4-2-1-3-5-22)42(39,40)23-9-14-36(15-10-23)21-6-11-28(31,32)12-7-21/h1-5,8,13,16-17,21,23,25H,6-7,9-12,14-15,18H2. The molecule has 2 fully saturated rings. The highest BCUT2D eigenvalue weighted by Crippen LogP contribution is 2.37. The van der Waals surface area contributed by atoms with Crippen molar-refractivity contribution < 1.29 is 30.4 Å². The fourth-order valence-corrected chi connectivity index (χ4v) is 7.76. The van der Waals surface area contributed by atoms with Crippen LogP contribution in [0.15, 0.2) is 59.3 Å². The lowest BCUT2D eigenvalue weighted by Gasteiger charge is -2.41. The largest absolute Gasteiger partial charge is 0.415 e. The number of aromatic nitrogens is 4. The van der Waals surface area contributed by atoms with Gasteiger partial charge in [0.1, 0.15) is 5.65 Å². The molecule has 0 radical (unpaired) electrons. The van der Waals surface area contributed by atoms with Crippen LogP contribution in [-0.4, -0.2) is 63.2 Å². The fraction of sp³-hybridized carbons (Fsp3) is 0.464. The molecule has 1 aliphatic heterocycles. The molecule has 0 atom stereocenters. The molecule has 6 rings (SSSR count). The lowest BCUT2D eigenvalue weighted by molar-refractivity contribution is -0.0552. The first kappa shape index (κ1) is 28.6. The predicted molar refractivity (Wildman–Crippen MR) is 147 cm³/mol. The highest BCUT2D eigenvalue weighted by Gasteiger charge is 2.40. The van der Waals surface area contributed by atoms with E-state index in [1.54, 1.807) is 53.2 Å². The molecular formula is C28H30F4N6O3S. The van der Waals surface area contributed by atoms with Crippen LogP contribution in [0.5, 0.6) is 0 Å². The molecule has 1 aliphatic carbocycles. The maximum absolute atomic E-state index is 14.1. The quantitative estimate of drug-likeness (QED) is 0.238. The van der Waals surface area contributed by atoms with Crippen LogP contribution in [0.25, 0.3) is 17.1 Å². The maximum atomic E-state index is 14.1. The molecule has 0 bridgehead atoms. The Kier molecular flexibility index (Phi) is 7.68. The van der Waals surface area contributed by atoms with Gasteiger partial charge in [0.05, 0.1) is 23.2 Å². The first-order valence-electron chi connectivity index (χ1n) is 13.9. The van der Waals surface area contributed by atoms with Crippen LogP contribution in [0, 0.1) is 0 Å². The Morgan fingerprint density at radius 1 is 1.02 bits per heavy atom. The van der Waals surface area contributed by atoms with Gasteiger partial charge >= 0.3 is 6.43 Å². The van der Waals surface area contributed by atoms with E-state index < -0.39 is 33.5 Å². The summed E-state index contributed by atoms with van der Waals surface area (Å²) in [4.78, 5) is 6.77. The van der Waals surface area contributed by atoms with E-state index in [1.165, 1.54) is 4.31 Å². The summed E-state index contributed by atoms with van der Waals surface area (Å²) in [5.41, 5.74) is 1.85. The summed E-state index contributed by atoms with van der Waals surface area (Å²) in [6, 6.07) is 12.1. The maximum Gasteiger partial charge on any atom is 0.314 e. The molecule has 0 spiro atoms. The highest BCUT2D eigenvalue weighted by molar-refractivity contribution is 7.93. The number of anilines is 1. The van der Waals surface area contributed by atoms with Crippen LogP contribution < -0.4 is 4.31 Å². The van der Waals surface area contributed by atoms with Gasteiger partial charge in [-0.05, 0) is 63.0 Å². The molecule has 14 heteroatoms. The number of hydrogen-bond donors (Lipinski definition) is 0. The van der Waals surface area contributed by atoms with Crippen molar-refractivity contribution in [2.24, 2.45) is 0 Å². The number of pyridine rings is 1. The Morgan fingerprint density at radius 3 is 2.40 bits per heavy atom.